The molecule has 0 fully saturated rings. The molecule has 1 aromatic rings. The fourth-order valence-electron chi connectivity index (χ4n) is 1.14. The number of hydrogen-bond donors (Lipinski definition) is 0. The molecule has 0 heterocycles. The lowest BCUT2D eigenvalue weighted by Gasteiger charge is -2.04. The summed E-state index contributed by atoms with van der Waals surface area (Å²) in [7, 11) is 1.29. The number of benzene rings is 1. The van der Waals surface area contributed by atoms with Crippen LogP contribution in [0.15, 0.2) is 24.3 Å². The molecular formula is C10H11NO4. The summed E-state index contributed by atoms with van der Waals surface area (Å²) in [4.78, 5) is 21.2. The summed E-state index contributed by atoms with van der Waals surface area (Å²) >= 11 is 0. The predicted molar refractivity (Wildman–Crippen MR) is 53.2 cm³/mol. The Balaban J connectivity index is 2.90. The van der Waals surface area contributed by atoms with Crippen molar-refractivity contribution in [1.29, 1.82) is 0 Å². The van der Waals surface area contributed by atoms with E-state index in [1.54, 1.807) is 12.1 Å². The summed E-state index contributed by atoms with van der Waals surface area (Å²) in [5.41, 5.74) is 0.949. The number of methoxy groups -OCH3 is 1. The molecule has 0 unspecified atom stereocenters. The van der Waals surface area contributed by atoms with Crippen molar-refractivity contribution in [2.45, 2.75) is 13.0 Å². The van der Waals surface area contributed by atoms with Crippen LogP contribution in [0.1, 0.15) is 28.9 Å². The van der Waals surface area contributed by atoms with Crippen LogP contribution >= 0.6 is 0 Å². The molecule has 15 heavy (non-hydrogen) atoms. The van der Waals surface area contributed by atoms with E-state index in [2.05, 4.69) is 4.74 Å². The quantitative estimate of drug-likeness (QED) is 0.432. The van der Waals surface area contributed by atoms with Crippen LogP contribution in [0.4, 0.5) is 0 Å². The molecule has 0 N–H and O–H groups in total. The molecule has 0 aromatic heterocycles. The maximum Gasteiger partial charge on any atom is 0.337 e. The van der Waals surface area contributed by atoms with Gasteiger partial charge in [-0.15, -0.1) is 0 Å². The van der Waals surface area contributed by atoms with E-state index in [0.29, 0.717) is 11.1 Å². The van der Waals surface area contributed by atoms with Gasteiger partial charge in [0, 0.05) is 17.4 Å². The predicted octanol–water partition coefficient (Wildman–Crippen LogP) is 1.81. The number of esters is 1. The van der Waals surface area contributed by atoms with Gasteiger partial charge >= 0.3 is 5.97 Å². The Hall–Kier alpha value is -1.91. The first-order chi connectivity index (χ1) is 7.06. The molecular weight excluding hydrogens is 198 g/mol. The number of carbonyl (C=O) groups is 1. The van der Waals surface area contributed by atoms with Crippen molar-refractivity contribution in [2.75, 3.05) is 7.11 Å². The first-order valence-corrected chi connectivity index (χ1v) is 4.38. The van der Waals surface area contributed by atoms with E-state index in [9.17, 15) is 14.9 Å². The summed E-state index contributed by atoms with van der Waals surface area (Å²) in [6, 6.07) is 5.37. The van der Waals surface area contributed by atoms with Crippen LogP contribution < -0.4 is 0 Å². The SMILES string of the molecule is COC(=O)c1ccc([C@H](C)[N+](=O)[O-])cc1. The van der Waals surface area contributed by atoms with Crippen molar-refractivity contribution < 1.29 is 14.5 Å². The molecule has 0 saturated carbocycles. The third-order valence-corrected chi connectivity index (χ3v) is 2.13. The fraction of sp³-hybridized carbons (Fsp3) is 0.300. The van der Waals surface area contributed by atoms with Crippen molar-refractivity contribution >= 4 is 5.97 Å². The molecule has 80 valence electrons. The lowest BCUT2D eigenvalue weighted by molar-refractivity contribution is -0.524. The maximum atomic E-state index is 11.1. The number of hydrogen-bond acceptors (Lipinski definition) is 4. The first kappa shape index (κ1) is 11.2. The molecule has 1 aromatic carbocycles. The second-order valence-corrected chi connectivity index (χ2v) is 3.07. The van der Waals surface area contributed by atoms with Crippen LogP contribution in [-0.2, 0) is 4.74 Å². The highest BCUT2D eigenvalue weighted by atomic mass is 16.6. The molecule has 0 amide bonds. The van der Waals surface area contributed by atoms with Gasteiger partial charge in [0.15, 0.2) is 0 Å². The Morgan fingerprint density at radius 1 is 1.40 bits per heavy atom. The standard InChI is InChI=1S/C10H11NO4/c1-7(11(13)14)8-3-5-9(6-4-8)10(12)15-2/h3-7H,1-2H3/t7-/m0/s1. The molecule has 0 spiro atoms. The van der Waals surface area contributed by atoms with Gasteiger partial charge in [0.05, 0.1) is 12.7 Å². The van der Waals surface area contributed by atoms with Crippen LogP contribution in [0, 0.1) is 10.1 Å². The minimum absolute atomic E-state index is 0.382. The largest absolute Gasteiger partial charge is 0.465 e. The van der Waals surface area contributed by atoms with E-state index in [1.165, 1.54) is 26.2 Å². The zero-order valence-electron chi connectivity index (χ0n) is 8.47. The topological polar surface area (TPSA) is 69.4 Å². The average molecular weight is 209 g/mol. The maximum absolute atomic E-state index is 11.1. The molecule has 0 aliphatic heterocycles. The van der Waals surface area contributed by atoms with Crippen molar-refractivity contribution in [3.8, 4) is 0 Å². The van der Waals surface area contributed by atoms with Gasteiger partial charge in [-0.25, -0.2) is 4.79 Å². The van der Waals surface area contributed by atoms with Gasteiger partial charge in [0.1, 0.15) is 0 Å². The second-order valence-electron chi connectivity index (χ2n) is 3.07. The third-order valence-electron chi connectivity index (χ3n) is 2.13. The zero-order valence-corrected chi connectivity index (χ0v) is 8.47. The van der Waals surface area contributed by atoms with Gasteiger partial charge in [0.2, 0.25) is 6.04 Å². The van der Waals surface area contributed by atoms with Gasteiger partial charge in [-0.2, -0.15) is 0 Å². The van der Waals surface area contributed by atoms with Crippen LogP contribution in [0.2, 0.25) is 0 Å². The summed E-state index contributed by atoms with van der Waals surface area (Å²) in [6.45, 7) is 1.49. The molecule has 0 radical (unpaired) electrons. The van der Waals surface area contributed by atoms with E-state index in [-0.39, 0.29) is 4.92 Å². The highest BCUT2D eigenvalue weighted by molar-refractivity contribution is 5.89. The van der Waals surface area contributed by atoms with E-state index in [0.717, 1.165) is 0 Å². The lowest BCUT2D eigenvalue weighted by atomic mass is 10.1. The smallest absolute Gasteiger partial charge is 0.337 e. The third kappa shape index (κ3) is 2.52. The molecule has 0 aliphatic carbocycles. The van der Waals surface area contributed by atoms with Crippen molar-refractivity contribution in [3.05, 3.63) is 45.5 Å². The van der Waals surface area contributed by atoms with Crippen LogP contribution in [0.25, 0.3) is 0 Å². The molecule has 5 nitrogen and oxygen atoms in total. The Morgan fingerprint density at radius 3 is 2.33 bits per heavy atom. The fourth-order valence-corrected chi connectivity index (χ4v) is 1.14. The molecule has 0 saturated heterocycles. The van der Waals surface area contributed by atoms with Gasteiger partial charge in [-0.05, 0) is 12.1 Å². The summed E-state index contributed by atoms with van der Waals surface area (Å²) in [5.74, 6) is -0.449. The Bertz CT molecular complexity index is 372. The second kappa shape index (κ2) is 4.54. The molecule has 1 rings (SSSR count). The molecule has 5 heteroatoms. The summed E-state index contributed by atoms with van der Waals surface area (Å²) < 4.78 is 4.51. The van der Waals surface area contributed by atoms with Crippen molar-refractivity contribution in [1.82, 2.24) is 0 Å². The highest BCUT2D eigenvalue weighted by Crippen LogP contribution is 2.16. The average Bonchev–Trinajstić information content (AvgIpc) is 2.27. The summed E-state index contributed by atoms with van der Waals surface area (Å²) in [5, 5.41) is 10.5. The van der Waals surface area contributed by atoms with Crippen molar-refractivity contribution in [2.24, 2.45) is 0 Å². The number of rotatable bonds is 3. The molecule has 0 aliphatic rings. The lowest BCUT2D eigenvalue weighted by Crippen LogP contribution is -2.07. The number of nitro groups is 1. The van der Waals surface area contributed by atoms with Gasteiger partial charge in [-0.3, -0.25) is 10.1 Å². The minimum atomic E-state index is -0.767. The van der Waals surface area contributed by atoms with Crippen molar-refractivity contribution in [3.63, 3.8) is 0 Å². The Labute approximate surface area is 86.8 Å². The van der Waals surface area contributed by atoms with Crippen LogP contribution in [0.3, 0.4) is 0 Å². The van der Waals surface area contributed by atoms with E-state index >= 15 is 0 Å². The van der Waals surface area contributed by atoms with Gasteiger partial charge in [-0.1, -0.05) is 12.1 Å². The normalized spacial score (nSPS) is 11.9. The monoisotopic (exact) mass is 209 g/mol. The molecule has 1 atom stereocenters. The van der Waals surface area contributed by atoms with Gasteiger partial charge in [0.25, 0.3) is 0 Å². The van der Waals surface area contributed by atoms with Gasteiger partial charge < -0.3 is 4.74 Å². The van der Waals surface area contributed by atoms with E-state index in [1.807, 2.05) is 0 Å². The first-order valence-electron chi connectivity index (χ1n) is 4.38. The Kier molecular flexibility index (Phi) is 3.38. The number of nitrogens with zero attached hydrogens (tertiary/aromatic N) is 1. The highest BCUT2D eigenvalue weighted by Gasteiger charge is 2.16. The number of ether oxygens (including phenoxy) is 1. The minimum Gasteiger partial charge on any atom is -0.465 e. The number of carbonyl (C=O) groups excluding carboxylic acids is 1. The van der Waals surface area contributed by atoms with Crippen LogP contribution in [-0.4, -0.2) is 18.0 Å². The van der Waals surface area contributed by atoms with Crippen LogP contribution in [0.5, 0.6) is 0 Å². The van der Waals surface area contributed by atoms with E-state index < -0.39 is 12.0 Å². The Morgan fingerprint density at radius 2 is 1.93 bits per heavy atom. The summed E-state index contributed by atoms with van der Waals surface area (Å²) in [6.07, 6.45) is 0. The zero-order chi connectivity index (χ0) is 11.4. The van der Waals surface area contributed by atoms with E-state index in [4.69, 9.17) is 0 Å². The molecule has 0 bridgehead atoms.